The molecule has 1 atom stereocenters. The fraction of sp³-hybridized carbons (Fsp3) is 0.500. The Labute approximate surface area is 171 Å². The first kappa shape index (κ1) is 21.2. The number of carbonyl (C=O) groups is 1. The van der Waals surface area contributed by atoms with Crippen LogP contribution in [0.2, 0.25) is 0 Å². The SMILES string of the molecule is COc1ccccc1N(CC(=O)Nc1cc(C)nn1C1CCS(=O)(=O)C1)C(C)C. The van der Waals surface area contributed by atoms with Crippen LogP contribution in [0.15, 0.2) is 30.3 Å². The lowest BCUT2D eigenvalue weighted by atomic mass is 10.2. The van der Waals surface area contributed by atoms with Gasteiger partial charge in [-0.3, -0.25) is 4.79 Å². The standard InChI is InChI=1S/C20H28N4O4S/c1-14(2)23(17-7-5-6-8-18(17)28-4)12-20(25)21-19-11-15(3)22-24(19)16-9-10-29(26,27)13-16/h5-8,11,14,16H,9-10,12-13H2,1-4H3,(H,21,25). The summed E-state index contributed by atoms with van der Waals surface area (Å²) in [5.41, 5.74) is 1.57. The summed E-state index contributed by atoms with van der Waals surface area (Å²) >= 11 is 0. The van der Waals surface area contributed by atoms with Crippen LogP contribution < -0.4 is 15.0 Å². The molecule has 9 heteroatoms. The number of amides is 1. The van der Waals surface area contributed by atoms with E-state index >= 15 is 0 Å². The zero-order valence-electron chi connectivity index (χ0n) is 17.3. The second-order valence-electron chi connectivity index (χ2n) is 7.61. The number of benzene rings is 1. The lowest BCUT2D eigenvalue weighted by Gasteiger charge is -2.29. The Hall–Kier alpha value is -2.55. The van der Waals surface area contributed by atoms with E-state index in [1.165, 1.54) is 0 Å². The van der Waals surface area contributed by atoms with Crippen molar-refractivity contribution < 1.29 is 17.9 Å². The van der Waals surface area contributed by atoms with Crippen LogP contribution in [0, 0.1) is 6.92 Å². The molecule has 1 unspecified atom stereocenters. The molecule has 0 spiro atoms. The minimum Gasteiger partial charge on any atom is -0.495 e. The van der Waals surface area contributed by atoms with E-state index in [0.717, 1.165) is 11.4 Å². The Balaban J connectivity index is 1.78. The first-order valence-electron chi connectivity index (χ1n) is 9.66. The molecule has 2 aromatic rings. The summed E-state index contributed by atoms with van der Waals surface area (Å²) < 4.78 is 30.8. The normalized spacial score (nSPS) is 18.0. The van der Waals surface area contributed by atoms with Crippen LogP contribution in [-0.2, 0) is 14.6 Å². The number of ether oxygens (including phenoxy) is 1. The maximum absolute atomic E-state index is 12.9. The van der Waals surface area contributed by atoms with E-state index < -0.39 is 9.84 Å². The largest absolute Gasteiger partial charge is 0.495 e. The van der Waals surface area contributed by atoms with Gasteiger partial charge in [0.1, 0.15) is 11.6 Å². The number of hydrogen-bond acceptors (Lipinski definition) is 6. The van der Waals surface area contributed by atoms with E-state index in [-0.39, 0.29) is 36.0 Å². The number of sulfone groups is 1. The number of nitrogens with one attached hydrogen (secondary N) is 1. The molecule has 1 saturated heterocycles. The number of para-hydroxylation sites is 2. The van der Waals surface area contributed by atoms with Gasteiger partial charge in [0.05, 0.1) is 42.6 Å². The summed E-state index contributed by atoms with van der Waals surface area (Å²) in [6.07, 6.45) is 0.506. The molecule has 2 heterocycles. The van der Waals surface area contributed by atoms with Crippen LogP contribution in [0.1, 0.15) is 32.0 Å². The van der Waals surface area contributed by atoms with Gasteiger partial charge in [-0.2, -0.15) is 5.10 Å². The van der Waals surface area contributed by atoms with E-state index in [4.69, 9.17) is 4.74 Å². The second kappa shape index (κ2) is 8.44. The molecule has 1 amide bonds. The molecule has 1 N–H and O–H groups in total. The number of anilines is 2. The predicted molar refractivity (Wildman–Crippen MR) is 113 cm³/mol. The molecule has 158 valence electrons. The molecule has 0 saturated carbocycles. The van der Waals surface area contributed by atoms with E-state index in [2.05, 4.69) is 10.4 Å². The van der Waals surface area contributed by atoms with Crippen LogP contribution in [0.4, 0.5) is 11.5 Å². The monoisotopic (exact) mass is 420 g/mol. The molecular formula is C20H28N4O4S. The fourth-order valence-electron chi connectivity index (χ4n) is 3.61. The van der Waals surface area contributed by atoms with Crippen molar-refractivity contribution in [2.45, 2.75) is 39.3 Å². The number of aromatic nitrogens is 2. The van der Waals surface area contributed by atoms with E-state index in [1.807, 2.05) is 49.9 Å². The number of methoxy groups -OCH3 is 1. The highest BCUT2D eigenvalue weighted by atomic mass is 32.2. The summed E-state index contributed by atoms with van der Waals surface area (Å²) in [5, 5.41) is 7.33. The van der Waals surface area contributed by atoms with Gasteiger partial charge >= 0.3 is 0 Å². The maximum Gasteiger partial charge on any atom is 0.245 e. The first-order valence-corrected chi connectivity index (χ1v) is 11.5. The van der Waals surface area contributed by atoms with Crippen molar-refractivity contribution in [3.63, 3.8) is 0 Å². The lowest BCUT2D eigenvalue weighted by molar-refractivity contribution is -0.115. The molecule has 0 radical (unpaired) electrons. The number of nitrogens with zero attached hydrogens (tertiary/aromatic N) is 3. The van der Waals surface area contributed by atoms with Crippen LogP contribution in [0.3, 0.4) is 0 Å². The average molecular weight is 421 g/mol. The fourth-order valence-corrected chi connectivity index (χ4v) is 5.30. The first-order chi connectivity index (χ1) is 13.7. The highest BCUT2D eigenvalue weighted by Crippen LogP contribution is 2.30. The molecule has 1 aliphatic heterocycles. The van der Waals surface area contributed by atoms with Gasteiger partial charge in [0.2, 0.25) is 5.91 Å². The molecule has 1 aromatic carbocycles. The number of hydrogen-bond donors (Lipinski definition) is 1. The predicted octanol–water partition coefficient (Wildman–Crippen LogP) is 2.41. The van der Waals surface area contributed by atoms with E-state index in [1.54, 1.807) is 17.9 Å². The molecule has 8 nitrogen and oxygen atoms in total. The molecule has 1 aliphatic rings. The molecule has 0 bridgehead atoms. The third-order valence-corrected chi connectivity index (χ3v) is 6.76. The number of carbonyl (C=O) groups excluding carboxylic acids is 1. The number of rotatable bonds is 7. The second-order valence-corrected chi connectivity index (χ2v) is 9.84. The molecule has 3 rings (SSSR count). The van der Waals surface area contributed by atoms with Gasteiger partial charge < -0.3 is 15.0 Å². The third-order valence-electron chi connectivity index (χ3n) is 5.01. The van der Waals surface area contributed by atoms with Crippen molar-refractivity contribution in [2.24, 2.45) is 0 Å². The van der Waals surface area contributed by atoms with Crippen LogP contribution in [-0.4, -0.2) is 55.3 Å². The van der Waals surface area contributed by atoms with Crippen molar-refractivity contribution in [1.29, 1.82) is 0 Å². The summed E-state index contributed by atoms with van der Waals surface area (Å²) in [7, 11) is -1.44. The van der Waals surface area contributed by atoms with Gasteiger partial charge in [0, 0.05) is 12.1 Å². The van der Waals surface area contributed by atoms with Crippen LogP contribution in [0.25, 0.3) is 0 Å². The zero-order valence-corrected chi connectivity index (χ0v) is 18.1. The summed E-state index contributed by atoms with van der Waals surface area (Å²) in [6.45, 7) is 5.98. The molecule has 1 fully saturated rings. The minimum absolute atomic E-state index is 0.0519. The quantitative estimate of drug-likeness (QED) is 0.739. The summed E-state index contributed by atoms with van der Waals surface area (Å²) in [6, 6.07) is 9.17. The van der Waals surface area contributed by atoms with Crippen LogP contribution in [0.5, 0.6) is 5.75 Å². The van der Waals surface area contributed by atoms with Crippen molar-refractivity contribution in [3.05, 3.63) is 36.0 Å². The average Bonchev–Trinajstić information content (AvgIpc) is 3.20. The third kappa shape index (κ3) is 4.90. The Morgan fingerprint density at radius 1 is 1.38 bits per heavy atom. The van der Waals surface area contributed by atoms with Gasteiger partial charge in [0.25, 0.3) is 0 Å². The molecular weight excluding hydrogens is 392 g/mol. The van der Waals surface area contributed by atoms with Crippen molar-refractivity contribution >= 4 is 27.2 Å². The van der Waals surface area contributed by atoms with Gasteiger partial charge in [0.15, 0.2) is 9.84 Å². The molecule has 1 aromatic heterocycles. The minimum atomic E-state index is -3.05. The highest BCUT2D eigenvalue weighted by molar-refractivity contribution is 7.91. The lowest BCUT2D eigenvalue weighted by Crippen LogP contribution is -2.38. The van der Waals surface area contributed by atoms with Gasteiger partial charge in [-0.1, -0.05) is 12.1 Å². The van der Waals surface area contributed by atoms with Gasteiger partial charge in [-0.05, 0) is 39.3 Å². The van der Waals surface area contributed by atoms with E-state index in [0.29, 0.717) is 18.0 Å². The summed E-state index contributed by atoms with van der Waals surface area (Å²) in [5.74, 6) is 1.23. The molecule has 0 aliphatic carbocycles. The maximum atomic E-state index is 12.9. The Morgan fingerprint density at radius 2 is 2.10 bits per heavy atom. The van der Waals surface area contributed by atoms with E-state index in [9.17, 15) is 13.2 Å². The summed E-state index contributed by atoms with van der Waals surface area (Å²) in [4.78, 5) is 14.8. The van der Waals surface area contributed by atoms with Gasteiger partial charge in [-0.25, -0.2) is 13.1 Å². The Bertz CT molecular complexity index is 984. The zero-order chi connectivity index (χ0) is 21.2. The highest BCUT2D eigenvalue weighted by Gasteiger charge is 2.31. The smallest absolute Gasteiger partial charge is 0.245 e. The Morgan fingerprint density at radius 3 is 2.72 bits per heavy atom. The number of aryl methyl sites for hydroxylation is 1. The molecule has 29 heavy (non-hydrogen) atoms. The van der Waals surface area contributed by atoms with Gasteiger partial charge in [-0.15, -0.1) is 0 Å². The van der Waals surface area contributed by atoms with Crippen molar-refractivity contribution in [3.8, 4) is 5.75 Å². The van der Waals surface area contributed by atoms with Crippen LogP contribution >= 0.6 is 0 Å². The van der Waals surface area contributed by atoms with Crippen molar-refractivity contribution in [2.75, 3.05) is 35.4 Å². The topological polar surface area (TPSA) is 93.5 Å². The van der Waals surface area contributed by atoms with Crippen molar-refractivity contribution in [1.82, 2.24) is 9.78 Å². The Kier molecular flexibility index (Phi) is 6.16.